The molecule has 0 aliphatic heterocycles. The number of carboxylic acid groups (broad SMARTS) is 1. The van der Waals surface area contributed by atoms with E-state index in [2.05, 4.69) is 16.0 Å². The van der Waals surface area contributed by atoms with Gasteiger partial charge in [0.2, 0.25) is 0 Å². The Morgan fingerprint density at radius 3 is 2.39 bits per heavy atom. The first kappa shape index (κ1) is 18.4. The van der Waals surface area contributed by atoms with Gasteiger partial charge in [0.1, 0.15) is 6.61 Å². The summed E-state index contributed by atoms with van der Waals surface area (Å²) in [5, 5.41) is 16.3. The van der Waals surface area contributed by atoms with Crippen molar-refractivity contribution < 1.29 is 24.2 Å². The van der Waals surface area contributed by atoms with Crippen molar-refractivity contribution in [2.75, 3.05) is 25.1 Å². The molecule has 23 heavy (non-hydrogen) atoms. The quantitative estimate of drug-likeness (QED) is 0.534. The fraction of sp³-hybridized carbons (Fsp3) is 0.400. The van der Waals surface area contributed by atoms with Gasteiger partial charge in [0, 0.05) is 23.8 Å². The number of anilines is 1. The van der Waals surface area contributed by atoms with Crippen LogP contribution in [0.3, 0.4) is 0 Å². The molecule has 0 bridgehead atoms. The Balaban J connectivity index is 2.38. The lowest BCUT2D eigenvalue weighted by Crippen LogP contribution is -2.34. The lowest BCUT2D eigenvalue weighted by molar-refractivity contribution is -0.142. The third-order valence-corrected chi connectivity index (χ3v) is 2.58. The van der Waals surface area contributed by atoms with Gasteiger partial charge < -0.3 is 25.8 Å². The van der Waals surface area contributed by atoms with E-state index in [9.17, 15) is 14.4 Å². The van der Waals surface area contributed by atoms with E-state index < -0.39 is 12.6 Å². The average molecular weight is 323 g/mol. The molecule has 8 nitrogen and oxygen atoms in total. The van der Waals surface area contributed by atoms with E-state index in [1.165, 1.54) is 0 Å². The third kappa shape index (κ3) is 7.82. The van der Waals surface area contributed by atoms with Crippen molar-refractivity contribution in [3.63, 3.8) is 0 Å². The number of hydrogen-bond donors (Lipinski definition) is 4. The Kier molecular flexibility index (Phi) is 7.55. The Bertz CT molecular complexity index is 543. The zero-order valence-electron chi connectivity index (χ0n) is 13.1. The zero-order valence-corrected chi connectivity index (χ0v) is 13.1. The number of carbonyl (C=O) groups excluding carboxylic acids is 2. The SMILES string of the molecule is CC(C)NC(=O)Nc1ccc(C(=O)NCCOCC(=O)O)cc1. The van der Waals surface area contributed by atoms with Gasteiger partial charge in [-0.1, -0.05) is 0 Å². The second kappa shape index (κ2) is 9.42. The van der Waals surface area contributed by atoms with Crippen molar-refractivity contribution in [2.45, 2.75) is 19.9 Å². The fourth-order valence-corrected chi connectivity index (χ4v) is 1.63. The highest BCUT2D eigenvalue weighted by Crippen LogP contribution is 2.09. The topological polar surface area (TPSA) is 117 Å². The predicted molar refractivity (Wildman–Crippen MR) is 84.5 cm³/mol. The predicted octanol–water partition coefficient (Wildman–Crippen LogP) is 1.05. The normalized spacial score (nSPS) is 10.2. The van der Waals surface area contributed by atoms with Crippen LogP contribution in [0, 0.1) is 0 Å². The molecule has 0 saturated carbocycles. The second-order valence-electron chi connectivity index (χ2n) is 5.03. The van der Waals surface area contributed by atoms with Crippen LogP contribution < -0.4 is 16.0 Å². The van der Waals surface area contributed by atoms with E-state index in [4.69, 9.17) is 9.84 Å². The maximum Gasteiger partial charge on any atom is 0.329 e. The highest BCUT2D eigenvalue weighted by Gasteiger charge is 2.07. The molecule has 0 aliphatic rings. The summed E-state index contributed by atoms with van der Waals surface area (Å²) < 4.78 is 4.81. The van der Waals surface area contributed by atoms with Crippen molar-refractivity contribution in [1.29, 1.82) is 0 Å². The van der Waals surface area contributed by atoms with Crippen LogP contribution in [-0.2, 0) is 9.53 Å². The molecule has 0 spiro atoms. The van der Waals surface area contributed by atoms with Gasteiger partial charge in [-0.15, -0.1) is 0 Å². The van der Waals surface area contributed by atoms with E-state index in [0.29, 0.717) is 11.3 Å². The molecule has 3 amide bonds. The molecule has 0 saturated heterocycles. The molecule has 0 aromatic heterocycles. The summed E-state index contributed by atoms with van der Waals surface area (Å²) in [5.41, 5.74) is 1.00. The zero-order chi connectivity index (χ0) is 17.2. The van der Waals surface area contributed by atoms with Gasteiger partial charge >= 0.3 is 12.0 Å². The van der Waals surface area contributed by atoms with Gasteiger partial charge in [0.05, 0.1) is 6.61 Å². The van der Waals surface area contributed by atoms with Crippen LogP contribution in [0.4, 0.5) is 10.5 Å². The van der Waals surface area contributed by atoms with E-state index in [1.807, 2.05) is 13.8 Å². The first-order valence-corrected chi connectivity index (χ1v) is 7.14. The Labute approximate surface area is 134 Å². The number of benzene rings is 1. The Morgan fingerprint density at radius 2 is 1.83 bits per heavy atom. The minimum atomic E-state index is -1.05. The standard InChI is InChI=1S/C15H21N3O5/c1-10(2)17-15(22)18-12-5-3-11(4-6-12)14(21)16-7-8-23-9-13(19)20/h3-6,10H,7-9H2,1-2H3,(H,16,21)(H,19,20)(H2,17,18,22). The van der Waals surface area contributed by atoms with E-state index in [-0.39, 0.29) is 31.1 Å². The number of carbonyl (C=O) groups is 3. The maximum atomic E-state index is 11.8. The molecule has 8 heteroatoms. The van der Waals surface area contributed by atoms with Crippen LogP contribution in [0.15, 0.2) is 24.3 Å². The molecular weight excluding hydrogens is 302 g/mol. The molecule has 0 radical (unpaired) electrons. The van der Waals surface area contributed by atoms with Crippen molar-refractivity contribution in [1.82, 2.24) is 10.6 Å². The van der Waals surface area contributed by atoms with Crippen molar-refractivity contribution in [3.05, 3.63) is 29.8 Å². The number of nitrogens with one attached hydrogen (secondary N) is 3. The van der Waals surface area contributed by atoms with Crippen molar-refractivity contribution in [3.8, 4) is 0 Å². The molecular formula is C15H21N3O5. The summed E-state index contributed by atoms with van der Waals surface area (Å²) in [5.74, 6) is -1.36. The molecule has 1 aromatic rings. The summed E-state index contributed by atoms with van der Waals surface area (Å²) in [6.45, 7) is 3.64. The van der Waals surface area contributed by atoms with Gasteiger partial charge in [-0.05, 0) is 38.1 Å². The monoisotopic (exact) mass is 323 g/mol. The number of amides is 3. The first-order chi connectivity index (χ1) is 10.9. The number of hydrogen-bond acceptors (Lipinski definition) is 4. The van der Waals surface area contributed by atoms with Crippen LogP contribution >= 0.6 is 0 Å². The highest BCUT2D eigenvalue weighted by atomic mass is 16.5. The third-order valence-electron chi connectivity index (χ3n) is 2.58. The minimum Gasteiger partial charge on any atom is -0.480 e. The summed E-state index contributed by atoms with van der Waals surface area (Å²) in [4.78, 5) is 33.6. The lowest BCUT2D eigenvalue weighted by atomic mass is 10.2. The van der Waals surface area contributed by atoms with Gasteiger partial charge in [0.15, 0.2) is 0 Å². The average Bonchev–Trinajstić information content (AvgIpc) is 2.46. The van der Waals surface area contributed by atoms with Gasteiger partial charge in [-0.25, -0.2) is 9.59 Å². The lowest BCUT2D eigenvalue weighted by Gasteiger charge is -2.10. The van der Waals surface area contributed by atoms with E-state index in [1.54, 1.807) is 24.3 Å². The highest BCUT2D eigenvalue weighted by molar-refractivity contribution is 5.95. The fourth-order valence-electron chi connectivity index (χ4n) is 1.63. The second-order valence-corrected chi connectivity index (χ2v) is 5.03. The maximum absolute atomic E-state index is 11.8. The van der Waals surface area contributed by atoms with Crippen LogP contribution in [-0.4, -0.2) is 48.8 Å². The molecule has 0 aliphatic carbocycles. The van der Waals surface area contributed by atoms with Gasteiger partial charge in [0.25, 0.3) is 5.91 Å². The van der Waals surface area contributed by atoms with E-state index >= 15 is 0 Å². The van der Waals surface area contributed by atoms with Crippen molar-refractivity contribution in [2.24, 2.45) is 0 Å². The summed E-state index contributed by atoms with van der Waals surface area (Å²) >= 11 is 0. The number of urea groups is 1. The Morgan fingerprint density at radius 1 is 1.17 bits per heavy atom. The number of aliphatic carboxylic acids is 1. The molecule has 0 heterocycles. The van der Waals surface area contributed by atoms with Crippen molar-refractivity contribution >= 4 is 23.6 Å². The van der Waals surface area contributed by atoms with Gasteiger partial charge in [-0.2, -0.15) is 0 Å². The summed E-state index contributed by atoms with van der Waals surface area (Å²) in [7, 11) is 0. The number of carboxylic acids is 1. The molecule has 1 aromatic carbocycles. The minimum absolute atomic E-state index is 0.0309. The Hall–Kier alpha value is -2.61. The molecule has 4 N–H and O–H groups in total. The smallest absolute Gasteiger partial charge is 0.329 e. The van der Waals surface area contributed by atoms with Crippen LogP contribution in [0.5, 0.6) is 0 Å². The van der Waals surface area contributed by atoms with Crippen LogP contribution in [0.1, 0.15) is 24.2 Å². The van der Waals surface area contributed by atoms with Crippen LogP contribution in [0.25, 0.3) is 0 Å². The molecule has 0 fully saturated rings. The molecule has 0 unspecified atom stereocenters. The number of ether oxygens (including phenoxy) is 1. The molecule has 0 atom stereocenters. The largest absolute Gasteiger partial charge is 0.480 e. The van der Waals surface area contributed by atoms with Crippen LogP contribution in [0.2, 0.25) is 0 Å². The number of rotatable bonds is 8. The first-order valence-electron chi connectivity index (χ1n) is 7.14. The summed E-state index contributed by atoms with van der Waals surface area (Å²) in [6, 6.07) is 6.12. The van der Waals surface area contributed by atoms with Gasteiger partial charge in [-0.3, -0.25) is 4.79 Å². The summed E-state index contributed by atoms with van der Waals surface area (Å²) in [6.07, 6.45) is 0. The molecule has 1 rings (SSSR count). The van der Waals surface area contributed by atoms with E-state index in [0.717, 1.165) is 0 Å². The molecule has 126 valence electrons.